The van der Waals surface area contributed by atoms with Crippen molar-refractivity contribution in [1.29, 1.82) is 0 Å². The fourth-order valence-electron chi connectivity index (χ4n) is 9.35. The SMILES string of the molecule is CN1Cc2c(Cl)cc(Cl)cc2[C@H](c2cccc(-c3nnn(CCOCCOCCNC(=O)Nc4ccc(NC(=O)NCCOCCOCCn5nnc(-c6cccc([C@@H]7CN(C)Cc8c(Cl)cc(Cl)cc87)c6)n5)cc4)n3)c2)C1. The number of urea groups is 2. The Hall–Kier alpha value is -6.30. The largest absolute Gasteiger partial charge is 0.377 e. The number of rotatable bonds is 24. The zero-order valence-electron chi connectivity index (χ0n) is 43.1. The van der Waals surface area contributed by atoms with Crippen molar-refractivity contribution in [3.63, 3.8) is 0 Å². The van der Waals surface area contributed by atoms with Crippen molar-refractivity contribution in [2.75, 3.05) is 104 Å². The van der Waals surface area contributed by atoms with E-state index in [1.165, 1.54) is 9.59 Å². The van der Waals surface area contributed by atoms with Crippen LogP contribution >= 0.6 is 46.4 Å². The number of halogens is 4. The van der Waals surface area contributed by atoms with E-state index >= 15 is 0 Å². The number of likely N-dealkylation sites (N-methyl/N-ethyl adjacent to an activating group) is 2. The van der Waals surface area contributed by atoms with E-state index in [-0.39, 0.29) is 23.9 Å². The van der Waals surface area contributed by atoms with Gasteiger partial charge in [-0.3, -0.25) is 0 Å². The molecule has 0 saturated carbocycles. The van der Waals surface area contributed by atoms with Crippen molar-refractivity contribution < 1.29 is 28.5 Å². The van der Waals surface area contributed by atoms with Gasteiger partial charge in [-0.2, -0.15) is 9.59 Å². The molecule has 410 valence electrons. The highest BCUT2D eigenvalue weighted by molar-refractivity contribution is 6.35. The fourth-order valence-corrected chi connectivity index (χ4v) is 10.5. The Balaban J connectivity index is 0.577. The van der Waals surface area contributed by atoms with Gasteiger partial charge in [-0.1, -0.05) is 82.8 Å². The number of anilines is 2. The molecule has 4 heterocycles. The average Bonchev–Trinajstić information content (AvgIpc) is 4.14. The van der Waals surface area contributed by atoms with Gasteiger partial charge in [0, 0.05) is 93.7 Å². The molecule has 2 aromatic heterocycles. The van der Waals surface area contributed by atoms with Gasteiger partial charge in [-0.15, -0.1) is 20.4 Å². The Morgan fingerprint density at radius 1 is 0.538 bits per heavy atom. The molecule has 0 spiro atoms. The number of ether oxygens (including phenoxy) is 4. The average molecular weight is 1140 g/mol. The summed E-state index contributed by atoms with van der Waals surface area (Å²) < 4.78 is 22.6. The third kappa shape index (κ3) is 15.5. The van der Waals surface area contributed by atoms with E-state index in [2.05, 4.69) is 100 Å². The molecule has 0 fully saturated rings. The van der Waals surface area contributed by atoms with Crippen LogP contribution in [0.25, 0.3) is 22.8 Å². The highest BCUT2D eigenvalue weighted by Crippen LogP contribution is 2.41. The summed E-state index contributed by atoms with van der Waals surface area (Å²) in [4.78, 5) is 32.4. The predicted octanol–water partition coefficient (Wildman–Crippen LogP) is 8.47. The molecule has 78 heavy (non-hydrogen) atoms. The van der Waals surface area contributed by atoms with Gasteiger partial charge in [0.1, 0.15) is 0 Å². The minimum atomic E-state index is -0.389. The van der Waals surface area contributed by atoms with E-state index < -0.39 is 0 Å². The quantitative estimate of drug-likeness (QED) is 0.0418. The summed E-state index contributed by atoms with van der Waals surface area (Å²) in [6, 6.07) is 29.9. The lowest BCUT2D eigenvalue weighted by Gasteiger charge is -2.33. The third-order valence-corrected chi connectivity index (χ3v) is 14.2. The van der Waals surface area contributed by atoms with Crippen LogP contribution < -0.4 is 21.3 Å². The van der Waals surface area contributed by atoms with Gasteiger partial charge in [0.2, 0.25) is 11.6 Å². The summed E-state index contributed by atoms with van der Waals surface area (Å²) in [6.07, 6.45) is 0. The molecular formula is C54H60Cl4N14O6. The fraction of sp³-hybridized carbons (Fsp3) is 0.370. The second-order valence-electron chi connectivity index (χ2n) is 18.9. The molecule has 24 heteroatoms. The van der Waals surface area contributed by atoms with Crippen molar-refractivity contribution >= 4 is 69.8 Å². The highest BCUT2D eigenvalue weighted by atomic mass is 35.5. The van der Waals surface area contributed by atoms with E-state index in [1.807, 2.05) is 36.4 Å². The first-order valence-corrected chi connectivity index (χ1v) is 27.0. The van der Waals surface area contributed by atoms with Crippen LogP contribution in [0, 0.1) is 0 Å². The number of nitrogens with one attached hydrogen (secondary N) is 4. The standard InChI is InChI=1S/C54H60Cl4N14O6/c1-69-31-45(43-27-39(55)29-49(57)47(43)33-69)35-5-3-7-37(25-35)51-63-67-71(65-51)15-19-77-23-21-75-17-13-59-53(73)61-41-9-11-42(12-10-41)62-54(74)60-14-18-76-22-24-78-20-16-72-66-52(64-68-72)38-8-4-6-36(26-38)46-32-70(2)34-48-44(46)28-40(56)30-50(48)58/h3-12,25-30,45-46H,13-24,31-34H2,1-2H3,(H2,59,61,73)(H2,60,62,74)/t45-,46-/m0/s1. The molecule has 7 aromatic rings. The van der Waals surface area contributed by atoms with Crippen LogP contribution in [0.4, 0.5) is 21.0 Å². The molecule has 2 atom stereocenters. The number of nitrogens with zero attached hydrogens (tertiary/aromatic N) is 10. The molecule has 0 unspecified atom stereocenters. The molecule has 2 aliphatic rings. The van der Waals surface area contributed by atoms with Crippen LogP contribution in [0.5, 0.6) is 0 Å². The van der Waals surface area contributed by atoms with Crippen molar-refractivity contribution in [2.24, 2.45) is 0 Å². The third-order valence-electron chi connectivity index (χ3n) is 13.1. The summed E-state index contributed by atoms with van der Waals surface area (Å²) in [7, 11) is 4.17. The van der Waals surface area contributed by atoms with Crippen LogP contribution in [0.15, 0.2) is 97.1 Å². The zero-order valence-corrected chi connectivity index (χ0v) is 46.2. The van der Waals surface area contributed by atoms with Crippen LogP contribution in [0.3, 0.4) is 0 Å². The molecule has 0 radical (unpaired) electrons. The van der Waals surface area contributed by atoms with Crippen LogP contribution in [0.2, 0.25) is 20.1 Å². The zero-order chi connectivity index (χ0) is 54.4. The van der Waals surface area contributed by atoms with Crippen LogP contribution in [-0.4, -0.2) is 155 Å². The van der Waals surface area contributed by atoms with Crippen LogP contribution in [0.1, 0.15) is 45.2 Å². The summed E-state index contributed by atoms with van der Waals surface area (Å²) in [5, 5.41) is 39.8. The summed E-state index contributed by atoms with van der Waals surface area (Å²) >= 11 is 26.0. The van der Waals surface area contributed by atoms with E-state index in [0.717, 1.165) is 70.7 Å². The van der Waals surface area contributed by atoms with Gasteiger partial charge in [0.05, 0.1) is 65.9 Å². The minimum Gasteiger partial charge on any atom is -0.377 e. The first-order valence-electron chi connectivity index (χ1n) is 25.5. The molecule has 5 aromatic carbocycles. The van der Waals surface area contributed by atoms with Gasteiger partial charge < -0.3 is 50.0 Å². The van der Waals surface area contributed by atoms with Crippen LogP contribution in [-0.2, 0) is 45.1 Å². The van der Waals surface area contributed by atoms with E-state index in [0.29, 0.717) is 122 Å². The molecule has 4 N–H and O–H groups in total. The number of aromatic nitrogens is 8. The lowest BCUT2D eigenvalue weighted by Crippen LogP contribution is -2.32. The second-order valence-corrected chi connectivity index (χ2v) is 20.6. The normalized spacial score (nSPS) is 15.4. The van der Waals surface area contributed by atoms with Crippen molar-refractivity contribution in [3.8, 4) is 22.8 Å². The lowest BCUT2D eigenvalue weighted by atomic mass is 9.84. The Bertz CT molecular complexity index is 2940. The maximum atomic E-state index is 12.4. The minimum absolute atomic E-state index is 0.0960. The van der Waals surface area contributed by atoms with Crippen molar-refractivity contribution in [3.05, 3.63) is 151 Å². The Morgan fingerprint density at radius 2 is 0.949 bits per heavy atom. The summed E-state index contributed by atoms with van der Waals surface area (Å²) in [6.45, 7) is 7.38. The lowest BCUT2D eigenvalue weighted by molar-refractivity contribution is 0.0444. The molecule has 2 aliphatic heterocycles. The Kier molecular flexibility index (Phi) is 19.9. The number of carbonyl (C=O) groups is 2. The molecule has 0 aliphatic carbocycles. The molecule has 0 saturated heterocycles. The topological polar surface area (TPSA) is 213 Å². The second kappa shape index (κ2) is 27.5. The Morgan fingerprint density at radius 3 is 1.37 bits per heavy atom. The van der Waals surface area contributed by atoms with Crippen molar-refractivity contribution in [1.82, 2.24) is 60.8 Å². The number of benzene rings is 5. The van der Waals surface area contributed by atoms with E-state index in [9.17, 15) is 9.59 Å². The van der Waals surface area contributed by atoms with Gasteiger partial charge in [-0.05, 0) is 119 Å². The monoisotopic (exact) mass is 1140 g/mol. The molecule has 0 bridgehead atoms. The van der Waals surface area contributed by atoms with Gasteiger partial charge >= 0.3 is 12.1 Å². The van der Waals surface area contributed by atoms with E-state index in [4.69, 9.17) is 65.4 Å². The number of carbonyl (C=O) groups excluding carboxylic acids is 2. The predicted molar refractivity (Wildman–Crippen MR) is 300 cm³/mol. The van der Waals surface area contributed by atoms with Gasteiger partial charge in [-0.25, -0.2) is 9.59 Å². The first kappa shape index (κ1) is 56.4. The summed E-state index contributed by atoms with van der Waals surface area (Å²) in [5.41, 5.74) is 9.54. The number of tetrazole rings is 2. The number of amides is 4. The molecule has 4 amide bonds. The van der Waals surface area contributed by atoms with E-state index in [1.54, 1.807) is 36.4 Å². The maximum Gasteiger partial charge on any atom is 0.319 e. The maximum absolute atomic E-state index is 12.4. The number of hydrogen-bond acceptors (Lipinski definition) is 14. The highest BCUT2D eigenvalue weighted by Gasteiger charge is 2.29. The molecule has 20 nitrogen and oxygen atoms in total. The van der Waals surface area contributed by atoms with Gasteiger partial charge in [0.25, 0.3) is 0 Å². The van der Waals surface area contributed by atoms with Crippen molar-refractivity contribution in [2.45, 2.75) is 38.0 Å². The number of fused-ring (bicyclic) bond motifs is 2. The Labute approximate surface area is 471 Å². The smallest absolute Gasteiger partial charge is 0.319 e. The van der Waals surface area contributed by atoms with Gasteiger partial charge in [0.15, 0.2) is 0 Å². The molecule has 9 rings (SSSR count). The first-order chi connectivity index (χ1) is 37.9. The molecular weight excluding hydrogens is 1080 g/mol. The summed E-state index contributed by atoms with van der Waals surface area (Å²) in [5.74, 6) is 1.24. The number of hydrogen-bond donors (Lipinski definition) is 4.